The lowest BCUT2D eigenvalue weighted by Gasteiger charge is -2.10. The molecular formula is C17H16ClNO. The Kier molecular flexibility index (Phi) is 4.65. The molecule has 0 aliphatic rings. The van der Waals surface area contributed by atoms with Gasteiger partial charge in [-0.05, 0) is 35.2 Å². The molecule has 0 saturated heterocycles. The number of benzene rings is 2. The molecule has 2 aromatic carbocycles. The molecule has 102 valence electrons. The summed E-state index contributed by atoms with van der Waals surface area (Å²) in [6, 6.07) is 15.4. The SMILES string of the molecule is CC(C)c1ccc(COc2ccc(C#N)cc2Cl)cc1. The summed E-state index contributed by atoms with van der Waals surface area (Å²) in [6.45, 7) is 4.80. The average molecular weight is 286 g/mol. The number of ether oxygens (including phenoxy) is 1. The summed E-state index contributed by atoms with van der Waals surface area (Å²) in [5.74, 6) is 1.12. The van der Waals surface area contributed by atoms with Crippen molar-refractivity contribution < 1.29 is 4.74 Å². The van der Waals surface area contributed by atoms with Crippen molar-refractivity contribution in [3.63, 3.8) is 0 Å². The molecule has 0 atom stereocenters. The highest BCUT2D eigenvalue weighted by Crippen LogP contribution is 2.26. The van der Waals surface area contributed by atoms with Gasteiger partial charge in [-0.1, -0.05) is 49.7 Å². The number of nitrogens with zero attached hydrogens (tertiary/aromatic N) is 1. The van der Waals surface area contributed by atoms with Crippen molar-refractivity contribution >= 4 is 11.6 Å². The Hall–Kier alpha value is -1.98. The molecule has 0 saturated carbocycles. The molecule has 0 unspecified atom stereocenters. The Morgan fingerprint density at radius 2 is 1.85 bits per heavy atom. The molecule has 0 fully saturated rings. The van der Waals surface area contributed by atoms with Gasteiger partial charge in [0.1, 0.15) is 12.4 Å². The van der Waals surface area contributed by atoms with Gasteiger partial charge in [0.25, 0.3) is 0 Å². The molecule has 2 aromatic rings. The van der Waals surface area contributed by atoms with Gasteiger partial charge in [0.05, 0.1) is 16.7 Å². The molecule has 0 radical (unpaired) electrons. The fraction of sp³-hybridized carbons (Fsp3) is 0.235. The van der Waals surface area contributed by atoms with Crippen molar-refractivity contribution in [1.29, 1.82) is 5.26 Å². The fourth-order valence-electron chi connectivity index (χ4n) is 1.85. The first-order valence-electron chi connectivity index (χ1n) is 6.51. The monoisotopic (exact) mass is 285 g/mol. The van der Waals surface area contributed by atoms with E-state index in [1.54, 1.807) is 18.2 Å². The molecule has 0 heterocycles. The van der Waals surface area contributed by atoms with Crippen LogP contribution in [0.2, 0.25) is 5.02 Å². The number of halogens is 1. The predicted octanol–water partition coefficient (Wildman–Crippen LogP) is 4.91. The van der Waals surface area contributed by atoms with Gasteiger partial charge in [0, 0.05) is 0 Å². The van der Waals surface area contributed by atoms with Crippen LogP contribution in [-0.2, 0) is 6.61 Å². The molecule has 0 N–H and O–H groups in total. The van der Waals surface area contributed by atoms with Gasteiger partial charge in [-0.15, -0.1) is 0 Å². The largest absolute Gasteiger partial charge is 0.487 e. The van der Waals surface area contributed by atoms with Gasteiger partial charge < -0.3 is 4.74 Å². The van der Waals surface area contributed by atoms with Crippen LogP contribution in [0, 0.1) is 11.3 Å². The summed E-state index contributed by atoms with van der Waals surface area (Å²) in [5.41, 5.74) is 2.93. The van der Waals surface area contributed by atoms with E-state index in [0.717, 1.165) is 5.56 Å². The van der Waals surface area contributed by atoms with E-state index in [1.807, 2.05) is 6.07 Å². The van der Waals surface area contributed by atoms with Crippen molar-refractivity contribution in [2.75, 3.05) is 0 Å². The maximum Gasteiger partial charge on any atom is 0.138 e. The minimum Gasteiger partial charge on any atom is -0.487 e. The second-order valence-electron chi connectivity index (χ2n) is 4.94. The lowest BCUT2D eigenvalue weighted by Crippen LogP contribution is -1.97. The Balaban J connectivity index is 2.03. The van der Waals surface area contributed by atoms with Crippen LogP contribution in [0.4, 0.5) is 0 Å². The van der Waals surface area contributed by atoms with E-state index in [9.17, 15) is 0 Å². The second kappa shape index (κ2) is 6.45. The maximum atomic E-state index is 8.78. The van der Waals surface area contributed by atoms with Crippen LogP contribution in [-0.4, -0.2) is 0 Å². The average Bonchev–Trinajstić information content (AvgIpc) is 2.46. The lowest BCUT2D eigenvalue weighted by atomic mass is 10.0. The molecular weight excluding hydrogens is 270 g/mol. The Morgan fingerprint density at radius 3 is 2.40 bits per heavy atom. The molecule has 3 heteroatoms. The highest BCUT2D eigenvalue weighted by Gasteiger charge is 2.04. The topological polar surface area (TPSA) is 33.0 Å². The fourth-order valence-corrected chi connectivity index (χ4v) is 2.08. The molecule has 0 bridgehead atoms. The summed E-state index contributed by atoms with van der Waals surface area (Å²) in [5, 5.41) is 9.24. The van der Waals surface area contributed by atoms with E-state index in [0.29, 0.717) is 28.9 Å². The first-order valence-corrected chi connectivity index (χ1v) is 6.89. The van der Waals surface area contributed by atoms with Crippen LogP contribution in [0.25, 0.3) is 0 Å². The van der Waals surface area contributed by atoms with E-state index in [1.165, 1.54) is 5.56 Å². The van der Waals surface area contributed by atoms with E-state index < -0.39 is 0 Å². The van der Waals surface area contributed by atoms with Gasteiger partial charge in [-0.25, -0.2) is 0 Å². The summed E-state index contributed by atoms with van der Waals surface area (Å²) in [6.07, 6.45) is 0. The van der Waals surface area contributed by atoms with E-state index in [2.05, 4.69) is 38.1 Å². The molecule has 0 aliphatic carbocycles. The predicted molar refractivity (Wildman–Crippen MR) is 81.0 cm³/mol. The van der Waals surface area contributed by atoms with Gasteiger partial charge >= 0.3 is 0 Å². The molecule has 0 aliphatic heterocycles. The van der Waals surface area contributed by atoms with E-state index in [-0.39, 0.29) is 0 Å². The molecule has 2 nitrogen and oxygen atoms in total. The third kappa shape index (κ3) is 3.53. The zero-order valence-electron chi connectivity index (χ0n) is 11.6. The van der Waals surface area contributed by atoms with Crippen LogP contribution >= 0.6 is 11.6 Å². The van der Waals surface area contributed by atoms with Gasteiger partial charge in [0.2, 0.25) is 0 Å². The first-order chi connectivity index (χ1) is 9.60. The molecule has 0 amide bonds. The minimum atomic E-state index is 0.461. The molecule has 0 spiro atoms. The Morgan fingerprint density at radius 1 is 1.15 bits per heavy atom. The van der Waals surface area contributed by atoms with Crippen molar-refractivity contribution in [2.24, 2.45) is 0 Å². The summed E-state index contributed by atoms with van der Waals surface area (Å²) < 4.78 is 5.68. The maximum absolute atomic E-state index is 8.78. The third-order valence-electron chi connectivity index (χ3n) is 3.10. The quantitative estimate of drug-likeness (QED) is 0.799. The number of hydrogen-bond donors (Lipinski definition) is 0. The van der Waals surface area contributed by atoms with Crippen LogP contribution in [0.5, 0.6) is 5.75 Å². The van der Waals surface area contributed by atoms with Crippen molar-refractivity contribution in [3.05, 3.63) is 64.2 Å². The molecule has 0 aromatic heterocycles. The van der Waals surface area contributed by atoms with Crippen LogP contribution < -0.4 is 4.74 Å². The van der Waals surface area contributed by atoms with Crippen molar-refractivity contribution in [3.8, 4) is 11.8 Å². The minimum absolute atomic E-state index is 0.461. The smallest absolute Gasteiger partial charge is 0.138 e. The first kappa shape index (κ1) is 14.4. The van der Waals surface area contributed by atoms with Gasteiger partial charge in [-0.3, -0.25) is 0 Å². The Labute approximate surface area is 124 Å². The molecule has 20 heavy (non-hydrogen) atoms. The van der Waals surface area contributed by atoms with Crippen LogP contribution in [0.3, 0.4) is 0 Å². The lowest BCUT2D eigenvalue weighted by molar-refractivity contribution is 0.306. The van der Waals surface area contributed by atoms with Gasteiger partial charge in [0.15, 0.2) is 0 Å². The van der Waals surface area contributed by atoms with Gasteiger partial charge in [-0.2, -0.15) is 5.26 Å². The summed E-state index contributed by atoms with van der Waals surface area (Å²) >= 11 is 6.07. The highest BCUT2D eigenvalue weighted by molar-refractivity contribution is 6.32. The van der Waals surface area contributed by atoms with Crippen molar-refractivity contribution in [2.45, 2.75) is 26.4 Å². The van der Waals surface area contributed by atoms with E-state index >= 15 is 0 Å². The number of nitriles is 1. The standard InChI is InChI=1S/C17H16ClNO/c1-12(2)15-6-3-13(4-7-15)11-20-17-8-5-14(10-19)9-16(17)18/h3-9,12H,11H2,1-2H3. The third-order valence-corrected chi connectivity index (χ3v) is 3.40. The number of hydrogen-bond acceptors (Lipinski definition) is 2. The zero-order valence-corrected chi connectivity index (χ0v) is 12.3. The van der Waals surface area contributed by atoms with Crippen LogP contribution in [0.15, 0.2) is 42.5 Å². The normalized spacial score (nSPS) is 10.3. The number of rotatable bonds is 4. The van der Waals surface area contributed by atoms with E-state index in [4.69, 9.17) is 21.6 Å². The zero-order chi connectivity index (χ0) is 14.5. The van der Waals surface area contributed by atoms with Crippen LogP contribution in [0.1, 0.15) is 36.5 Å². The highest BCUT2D eigenvalue weighted by atomic mass is 35.5. The summed E-state index contributed by atoms with van der Waals surface area (Å²) in [7, 11) is 0. The summed E-state index contributed by atoms with van der Waals surface area (Å²) in [4.78, 5) is 0. The second-order valence-corrected chi connectivity index (χ2v) is 5.35. The molecule has 2 rings (SSSR count). The van der Waals surface area contributed by atoms with Crippen molar-refractivity contribution in [1.82, 2.24) is 0 Å². The Bertz CT molecular complexity index is 626.